The van der Waals surface area contributed by atoms with Gasteiger partial charge in [0, 0.05) is 11.3 Å². The van der Waals surface area contributed by atoms with Crippen molar-refractivity contribution in [3.63, 3.8) is 0 Å². The molecule has 2 N–H and O–H groups in total. The van der Waals surface area contributed by atoms with Crippen molar-refractivity contribution >= 4 is 11.6 Å². The van der Waals surface area contributed by atoms with E-state index in [1.54, 1.807) is 0 Å². The molecule has 0 aliphatic carbocycles. The molecular formula is C18H18N4O. The van der Waals surface area contributed by atoms with Gasteiger partial charge in [-0.3, -0.25) is 9.89 Å². The molecule has 5 heteroatoms. The first kappa shape index (κ1) is 15.0. The summed E-state index contributed by atoms with van der Waals surface area (Å²) in [5.74, 6) is 1.12. The molecule has 3 aromatic rings. The Labute approximate surface area is 134 Å². The van der Waals surface area contributed by atoms with Gasteiger partial charge in [0.25, 0.3) is 0 Å². The molecule has 1 atom stereocenters. The van der Waals surface area contributed by atoms with E-state index in [2.05, 4.69) is 20.5 Å². The second kappa shape index (κ2) is 6.44. The number of H-pyrrole nitrogens is 1. The van der Waals surface area contributed by atoms with Crippen LogP contribution in [-0.4, -0.2) is 21.1 Å². The van der Waals surface area contributed by atoms with E-state index >= 15 is 0 Å². The number of aryl methyl sites for hydroxylation is 1. The van der Waals surface area contributed by atoms with Gasteiger partial charge in [0.2, 0.25) is 5.91 Å². The molecule has 116 valence electrons. The monoisotopic (exact) mass is 306 g/mol. The Kier molecular flexibility index (Phi) is 4.19. The lowest BCUT2D eigenvalue weighted by molar-refractivity contribution is -0.117. The van der Waals surface area contributed by atoms with Crippen LogP contribution in [0.3, 0.4) is 0 Å². The first-order valence-corrected chi connectivity index (χ1v) is 7.49. The number of anilines is 1. The maximum atomic E-state index is 12.4. The number of aromatic amines is 1. The Balaban J connectivity index is 1.76. The van der Waals surface area contributed by atoms with Gasteiger partial charge in [0.05, 0.1) is 5.92 Å². The van der Waals surface area contributed by atoms with Gasteiger partial charge in [-0.1, -0.05) is 42.5 Å². The molecule has 0 aliphatic rings. The Bertz CT molecular complexity index is 811. The number of nitrogens with zero attached hydrogens (tertiary/aromatic N) is 2. The molecule has 2 aromatic carbocycles. The summed E-state index contributed by atoms with van der Waals surface area (Å²) in [4.78, 5) is 16.7. The molecule has 0 fully saturated rings. The van der Waals surface area contributed by atoms with E-state index < -0.39 is 0 Å². The largest absolute Gasteiger partial charge is 0.326 e. The van der Waals surface area contributed by atoms with Gasteiger partial charge >= 0.3 is 0 Å². The summed E-state index contributed by atoms with van der Waals surface area (Å²) in [6.07, 6.45) is 0. The first-order valence-electron chi connectivity index (χ1n) is 7.49. The number of rotatable bonds is 4. The molecule has 1 aromatic heterocycles. The second-order valence-electron chi connectivity index (χ2n) is 5.45. The molecule has 0 radical (unpaired) electrons. The summed E-state index contributed by atoms with van der Waals surface area (Å²) < 4.78 is 0. The van der Waals surface area contributed by atoms with E-state index in [4.69, 9.17) is 0 Å². The zero-order valence-electron chi connectivity index (χ0n) is 13.1. The Morgan fingerprint density at radius 2 is 1.91 bits per heavy atom. The van der Waals surface area contributed by atoms with Gasteiger partial charge in [-0.05, 0) is 31.5 Å². The van der Waals surface area contributed by atoms with Gasteiger partial charge < -0.3 is 5.32 Å². The molecule has 0 aliphatic heterocycles. The fourth-order valence-electron chi connectivity index (χ4n) is 2.35. The molecule has 23 heavy (non-hydrogen) atoms. The second-order valence-corrected chi connectivity index (χ2v) is 5.45. The summed E-state index contributed by atoms with van der Waals surface area (Å²) in [6.45, 7) is 3.75. The van der Waals surface area contributed by atoms with Crippen molar-refractivity contribution in [3.05, 3.63) is 66.0 Å². The fraction of sp³-hybridized carbons (Fsp3) is 0.167. The predicted octanol–water partition coefficient (Wildman–Crippen LogP) is 3.52. The van der Waals surface area contributed by atoms with Crippen LogP contribution in [-0.2, 0) is 4.79 Å². The van der Waals surface area contributed by atoms with Gasteiger partial charge in [-0.15, -0.1) is 0 Å². The summed E-state index contributed by atoms with van der Waals surface area (Å²) >= 11 is 0. The van der Waals surface area contributed by atoms with Crippen molar-refractivity contribution in [1.82, 2.24) is 15.2 Å². The van der Waals surface area contributed by atoms with E-state index in [0.29, 0.717) is 5.82 Å². The lowest BCUT2D eigenvalue weighted by Crippen LogP contribution is -2.18. The minimum absolute atomic E-state index is 0.0421. The highest BCUT2D eigenvalue weighted by Crippen LogP contribution is 2.21. The summed E-state index contributed by atoms with van der Waals surface area (Å²) in [6, 6.07) is 17.3. The lowest BCUT2D eigenvalue weighted by Gasteiger charge is -2.13. The number of hydrogen-bond donors (Lipinski definition) is 2. The number of amides is 1. The summed E-state index contributed by atoms with van der Waals surface area (Å²) in [7, 11) is 0. The average Bonchev–Trinajstić information content (AvgIpc) is 3.02. The maximum Gasteiger partial charge on any atom is 0.231 e. The minimum atomic E-state index is -0.217. The van der Waals surface area contributed by atoms with Crippen molar-refractivity contribution < 1.29 is 4.79 Å². The van der Waals surface area contributed by atoms with E-state index in [1.807, 2.05) is 68.4 Å². The van der Waals surface area contributed by atoms with Crippen LogP contribution in [0.4, 0.5) is 5.69 Å². The van der Waals surface area contributed by atoms with E-state index in [0.717, 1.165) is 22.6 Å². The zero-order valence-corrected chi connectivity index (χ0v) is 13.1. The third kappa shape index (κ3) is 3.45. The summed E-state index contributed by atoms with van der Waals surface area (Å²) in [5, 5.41) is 9.91. The maximum absolute atomic E-state index is 12.4. The van der Waals surface area contributed by atoms with Gasteiger partial charge in [0.15, 0.2) is 5.82 Å². The van der Waals surface area contributed by atoms with Crippen LogP contribution in [0.15, 0.2) is 54.6 Å². The van der Waals surface area contributed by atoms with Crippen LogP contribution in [0.1, 0.15) is 24.2 Å². The molecule has 0 spiro atoms. The van der Waals surface area contributed by atoms with Crippen LogP contribution in [0.2, 0.25) is 0 Å². The van der Waals surface area contributed by atoms with Gasteiger partial charge in [0.1, 0.15) is 5.82 Å². The Morgan fingerprint density at radius 1 is 1.13 bits per heavy atom. The molecule has 0 saturated carbocycles. The topological polar surface area (TPSA) is 70.7 Å². The highest BCUT2D eigenvalue weighted by atomic mass is 16.1. The van der Waals surface area contributed by atoms with Crippen molar-refractivity contribution in [2.24, 2.45) is 0 Å². The SMILES string of the molecule is Cc1nc(-c2cccc(NC(=O)[C@@H](C)c3ccccc3)c2)n[nH]1. The smallest absolute Gasteiger partial charge is 0.231 e. The predicted molar refractivity (Wildman–Crippen MR) is 90.0 cm³/mol. The van der Waals surface area contributed by atoms with Crippen molar-refractivity contribution in [1.29, 1.82) is 0 Å². The zero-order chi connectivity index (χ0) is 16.2. The number of carbonyl (C=O) groups excluding carboxylic acids is 1. The number of aromatic nitrogens is 3. The molecule has 3 rings (SSSR count). The molecular weight excluding hydrogens is 288 g/mol. The highest BCUT2D eigenvalue weighted by molar-refractivity contribution is 5.96. The normalized spacial score (nSPS) is 11.9. The average molecular weight is 306 g/mol. The molecule has 0 saturated heterocycles. The number of benzene rings is 2. The quantitative estimate of drug-likeness (QED) is 0.774. The molecule has 0 bridgehead atoms. The lowest BCUT2D eigenvalue weighted by atomic mass is 10.0. The number of hydrogen-bond acceptors (Lipinski definition) is 3. The summed E-state index contributed by atoms with van der Waals surface area (Å²) in [5.41, 5.74) is 2.59. The van der Waals surface area contributed by atoms with Gasteiger partial charge in [-0.25, -0.2) is 4.98 Å². The van der Waals surface area contributed by atoms with Crippen LogP contribution < -0.4 is 5.32 Å². The molecule has 1 amide bonds. The highest BCUT2D eigenvalue weighted by Gasteiger charge is 2.15. The van der Waals surface area contributed by atoms with Crippen molar-refractivity contribution in [2.75, 3.05) is 5.32 Å². The number of carbonyl (C=O) groups is 1. The van der Waals surface area contributed by atoms with E-state index in [-0.39, 0.29) is 11.8 Å². The van der Waals surface area contributed by atoms with Crippen LogP contribution in [0.25, 0.3) is 11.4 Å². The third-order valence-electron chi connectivity index (χ3n) is 3.68. The fourth-order valence-corrected chi connectivity index (χ4v) is 2.35. The molecule has 5 nitrogen and oxygen atoms in total. The molecule has 0 unspecified atom stereocenters. The first-order chi connectivity index (χ1) is 11.1. The van der Waals surface area contributed by atoms with Crippen LogP contribution in [0, 0.1) is 6.92 Å². The van der Waals surface area contributed by atoms with Crippen LogP contribution >= 0.6 is 0 Å². The Morgan fingerprint density at radius 3 is 2.61 bits per heavy atom. The minimum Gasteiger partial charge on any atom is -0.326 e. The van der Waals surface area contributed by atoms with E-state index in [1.165, 1.54) is 0 Å². The van der Waals surface area contributed by atoms with Crippen molar-refractivity contribution in [3.8, 4) is 11.4 Å². The van der Waals surface area contributed by atoms with Gasteiger partial charge in [-0.2, -0.15) is 5.10 Å². The van der Waals surface area contributed by atoms with Crippen LogP contribution in [0.5, 0.6) is 0 Å². The van der Waals surface area contributed by atoms with E-state index in [9.17, 15) is 4.79 Å². The van der Waals surface area contributed by atoms with Crippen molar-refractivity contribution in [2.45, 2.75) is 19.8 Å². The third-order valence-corrected chi connectivity index (χ3v) is 3.68. The standard InChI is InChI=1S/C18H18N4O/c1-12(14-7-4-3-5-8-14)18(23)20-16-10-6-9-15(11-16)17-19-13(2)21-22-17/h3-12H,1-2H3,(H,20,23)(H,19,21,22)/t12-/m0/s1. The Hall–Kier alpha value is -2.95. The molecule has 1 heterocycles. The number of nitrogens with one attached hydrogen (secondary N) is 2.